The second-order valence-electron chi connectivity index (χ2n) is 5.53. The van der Waals surface area contributed by atoms with E-state index < -0.39 is 36.4 Å². The van der Waals surface area contributed by atoms with Crippen LogP contribution in [0.4, 0.5) is 0 Å². The van der Waals surface area contributed by atoms with Gasteiger partial charge >= 0.3 is 17.9 Å². The summed E-state index contributed by atoms with van der Waals surface area (Å²) in [5, 5.41) is 37.2. The number of hydrogen-bond acceptors (Lipinski definition) is 6. The first-order valence-corrected chi connectivity index (χ1v) is 8.46. The zero-order chi connectivity index (χ0) is 19.3. The standard InChI is InChI=1S/C11H8OS.C6H8O7/c1-2-4-10-8(3-1)9-5-6-13-7-11(9)12-10;7-3(8)1-6(13,5(11)12)2-4(9)10/h1-6H,7H2;13H,1-2H2,(H,7,8)(H,9,10)(H,11,12). The Labute approximate surface area is 151 Å². The number of aliphatic hydroxyl groups is 1. The van der Waals surface area contributed by atoms with E-state index in [2.05, 4.69) is 17.6 Å². The van der Waals surface area contributed by atoms with Crippen molar-refractivity contribution in [3.05, 3.63) is 41.0 Å². The molecule has 0 bridgehead atoms. The zero-order valence-electron chi connectivity index (χ0n) is 13.4. The molecule has 1 aliphatic heterocycles. The van der Waals surface area contributed by atoms with E-state index in [1.807, 2.05) is 18.2 Å². The molecule has 0 fully saturated rings. The number of carbonyl (C=O) groups is 3. The summed E-state index contributed by atoms with van der Waals surface area (Å²) in [6.45, 7) is 0. The first kappa shape index (κ1) is 19.5. The van der Waals surface area contributed by atoms with Crippen molar-refractivity contribution in [1.29, 1.82) is 0 Å². The van der Waals surface area contributed by atoms with E-state index in [9.17, 15) is 14.4 Å². The van der Waals surface area contributed by atoms with E-state index in [0.29, 0.717) is 0 Å². The number of thioether (sulfide) groups is 1. The van der Waals surface area contributed by atoms with E-state index in [1.54, 1.807) is 11.8 Å². The third-order valence-corrected chi connectivity index (χ3v) is 4.30. The molecule has 8 nitrogen and oxygen atoms in total. The Hall–Kier alpha value is -2.78. The zero-order valence-corrected chi connectivity index (χ0v) is 14.2. The van der Waals surface area contributed by atoms with Crippen molar-refractivity contribution in [2.75, 3.05) is 0 Å². The third-order valence-electron chi connectivity index (χ3n) is 3.54. The van der Waals surface area contributed by atoms with E-state index in [-0.39, 0.29) is 0 Å². The van der Waals surface area contributed by atoms with Gasteiger partial charge in [-0.2, -0.15) is 0 Å². The number of furan rings is 1. The largest absolute Gasteiger partial charge is 0.481 e. The summed E-state index contributed by atoms with van der Waals surface area (Å²) >= 11 is 1.78. The van der Waals surface area contributed by atoms with Crippen LogP contribution in [-0.4, -0.2) is 43.9 Å². The first-order valence-electron chi connectivity index (χ1n) is 7.41. The number of para-hydroxylation sites is 1. The van der Waals surface area contributed by atoms with Gasteiger partial charge in [-0.25, -0.2) is 4.79 Å². The number of rotatable bonds is 5. The van der Waals surface area contributed by atoms with Crippen molar-refractivity contribution in [1.82, 2.24) is 0 Å². The highest BCUT2D eigenvalue weighted by Gasteiger charge is 2.40. The van der Waals surface area contributed by atoms with Crippen LogP contribution in [-0.2, 0) is 20.1 Å². The minimum atomic E-state index is -2.74. The molecule has 138 valence electrons. The van der Waals surface area contributed by atoms with E-state index in [4.69, 9.17) is 24.8 Å². The Morgan fingerprint density at radius 2 is 1.69 bits per heavy atom. The predicted molar refractivity (Wildman–Crippen MR) is 93.6 cm³/mol. The molecule has 0 atom stereocenters. The fourth-order valence-corrected chi connectivity index (χ4v) is 3.05. The monoisotopic (exact) mass is 380 g/mol. The molecule has 1 aromatic carbocycles. The average molecular weight is 380 g/mol. The lowest BCUT2D eigenvalue weighted by molar-refractivity contribution is -0.170. The maximum atomic E-state index is 10.3. The second-order valence-corrected chi connectivity index (χ2v) is 6.42. The summed E-state index contributed by atoms with van der Waals surface area (Å²) in [4.78, 5) is 30.5. The molecule has 9 heteroatoms. The summed E-state index contributed by atoms with van der Waals surface area (Å²) in [5.74, 6) is -2.95. The van der Waals surface area contributed by atoms with Crippen LogP contribution in [0.5, 0.6) is 0 Å². The topological polar surface area (TPSA) is 145 Å². The number of aliphatic carboxylic acids is 3. The SMILES string of the molecule is C1=Cc2c(oc3ccccc23)CS1.O=C(O)CC(O)(CC(=O)O)C(=O)O. The van der Waals surface area contributed by atoms with Crippen molar-refractivity contribution in [2.45, 2.75) is 24.2 Å². The van der Waals surface area contributed by atoms with Gasteiger partial charge in [0, 0.05) is 10.9 Å². The highest BCUT2D eigenvalue weighted by atomic mass is 32.2. The van der Waals surface area contributed by atoms with Crippen LogP contribution in [0.3, 0.4) is 0 Å². The van der Waals surface area contributed by atoms with Gasteiger partial charge in [0.15, 0.2) is 5.60 Å². The van der Waals surface area contributed by atoms with Gasteiger partial charge < -0.3 is 24.8 Å². The van der Waals surface area contributed by atoms with E-state index in [1.165, 1.54) is 10.9 Å². The molecule has 26 heavy (non-hydrogen) atoms. The molecular weight excluding hydrogens is 364 g/mol. The molecule has 3 rings (SSSR count). The molecule has 0 spiro atoms. The van der Waals surface area contributed by atoms with Gasteiger partial charge in [-0.05, 0) is 17.6 Å². The Kier molecular flexibility index (Phi) is 6.06. The maximum Gasteiger partial charge on any atom is 0.336 e. The van der Waals surface area contributed by atoms with Crippen molar-refractivity contribution >= 4 is 46.7 Å². The van der Waals surface area contributed by atoms with Crippen LogP contribution in [0.25, 0.3) is 17.0 Å². The lowest BCUT2D eigenvalue weighted by Gasteiger charge is -2.18. The number of hydrogen-bond donors (Lipinski definition) is 4. The number of carboxylic acids is 3. The Morgan fingerprint density at radius 1 is 1.08 bits per heavy atom. The van der Waals surface area contributed by atoms with Crippen molar-refractivity contribution in [2.24, 2.45) is 0 Å². The summed E-state index contributed by atoms with van der Waals surface area (Å²) < 4.78 is 5.72. The van der Waals surface area contributed by atoms with Crippen molar-refractivity contribution < 1.29 is 39.2 Å². The van der Waals surface area contributed by atoms with Gasteiger partial charge in [0.1, 0.15) is 11.3 Å². The Bertz CT molecular complexity index is 851. The molecule has 2 aromatic rings. The van der Waals surface area contributed by atoms with Gasteiger partial charge in [-0.15, -0.1) is 11.8 Å². The van der Waals surface area contributed by atoms with Crippen LogP contribution < -0.4 is 0 Å². The Morgan fingerprint density at radius 3 is 2.27 bits per heavy atom. The van der Waals surface area contributed by atoms with Crippen molar-refractivity contribution in [3.8, 4) is 0 Å². The van der Waals surface area contributed by atoms with Crippen LogP contribution in [0.1, 0.15) is 24.2 Å². The van der Waals surface area contributed by atoms with Crippen LogP contribution in [0, 0.1) is 0 Å². The molecule has 0 aliphatic carbocycles. The minimum Gasteiger partial charge on any atom is -0.481 e. The molecule has 0 saturated heterocycles. The smallest absolute Gasteiger partial charge is 0.336 e. The fourth-order valence-electron chi connectivity index (χ4n) is 2.36. The Balaban J connectivity index is 0.000000187. The molecule has 1 aromatic heterocycles. The normalized spacial score (nSPS) is 12.8. The lowest BCUT2D eigenvalue weighted by atomic mass is 9.96. The fraction of sp³-hybridized carbons (Fsp3) is 0.235. The molecule has 0 saturated carbocycles. The number of benzene rings is 1. The minimum absolute atomic E-state index is 0.959. The summed E-state index contributed by atoms with van der Waals surface area (Å²) in [7, 11) is 0. The van der Waals surface area contributed by atoms with Crippen LogP contribution in [0.2, 0.25) is 0 Å². The molecular formula is C17H16O8S. The van der Waals surface area contributed by atoms with Gasteiger partial charge in [-0.1, -0.05) is 18.2 Å². The highest BCUT2D eigenvalue weighted by molar-refractivity contribution is 8.01. The number of fused-ring (bicyclic) bond motifs is 3. The summed E-state index contributed by atoms with van der Waals surface area (Å²) in [6.07, 6.45) is -0.154. The van der Waals surface area contributed by atoms with Gasteiger partial charge in [0.05, 0.1) is 18.6 Å². The van der Waals surface area contributed by atoms with Crippen LogP contribution >= 0.6 is 11.8 Å². The van der Waals surface area contributed by atoms with Gasteiger partial charge in [-0.3, -0.25) is 9.59 Å². The first-order chi connectivity index (χ1) is 12.2. The molecule has 0 radical (unpaired) electrons. The average Bonchev–Trinajstić information content (AvgIpc) is 2.92. The van der Waals surface area contributed by atoms with Gasteiger partial charge in [0.25, 0.3) is 0 Å². The lowest BCUT2D eigenvalue weighted by Crippen LogP contribution is -2.42. The molecule has 1 aliphatic rings. The molecule has 0 amide bonds. The van der Waals surface area contributed by atoms with E-state index >= 15 is 0 Å². The molecule has 0 unspecified atom stereocenters. The highest BCUT2D eigenvalue weighted by Crippen LogP contribution is 2.33. The maximum absolute atomic E-state index is 10.3. The summed E-state index contributed by atoms with van der Waals surface area (Å²) in [5.41, 5.74) is -0.480. The summed E-state index contributed by atoms with van der Waals surface area (Å²) in [6, 6.07) is 8.19. The molecule has 2 heterocycles. The van der Waals surface area contributed by atoms with Crippen LogP contribution in [0.15, 0.2) is 34.1 Å². The number of carboxylic acid groups (broad SMARTS) is 3. The molecule has 4 N–H and O–H groups in total. The predicted octanol–water partition coefficient (Wildman–Crippen LogP) is 2.40. The quantitative estimate of drug-likeness (QED) is 0.614. The van der Waals surface area contributed by atoms with E-state index in [0.717, 1.165) is 17.1 Å². The third kappa shape index (κ3) is 4.64. The van der Waals surface area contributed by atoms with Crippen molar-refractivity contribution in [3.63, 3.8) is 0 Å². The van der Waals surface area contributed by atoms with Gasteiger partial charge in [0.2, 0.25) is 0 Å². The second kappa shape index (κ2) is 8.07.